The number of carbonyl (C=O) groups is 3. The molecular formula is C12H13NO5. The predicted octanol–water partition coefficient (Wildman–Crippen LogP) is 0.842. The highest BCUT2D eigenvalue weighted by atomic mass is 16.5. The van der Waals surface area contributed by atoms with Crippen LogP contribution in [0, 0.1) is 0 Å². The molecular weight excluding hydrogens is 238 g/mol. The molecule has 0 saturated heterocycles. The fourth-order valence-corrected chi connectivity index (χ4v) is 1.42. The summed E-state index contributed by atoms with van der Waals surface area (Å²) in [6.45, 7) is 1.13. The first-order valence-electron chi connectivity index (χ1n) is 5.18. The maximum absolute atomic E-state index is 11.8. The average Bonchev–Trinajstić information content (AvgIpc) is 2.28. The molecule has 0 amide bonds. The molecule has 0 bridgehead atoms. The van der Waals surface area contributed by atoms with Crippen LogP contribution in [0.25, 0.3) is 0 Å². The fraction of sp³-hybridized carbons (Fsp3) is 0.250. The van der Waals surface area contributed by atoms with E-state index in [1.807, 2.05) is 0 Å². The number of ketones is 2. The molecule has 1 aromatic rings. The van der Waals surface area contributed by atoms with Gasteiger partial charge in [-0.1, -0.05) is 0 Å². The molecule has 0 aliphatic carbocycles. The summed E-state index contributed by atoms with van der Waals surface area (Å²) in [5.74, 6) is -1.78. The number of nitrogens with two attached hydrogens (primary N) is 1. The summed E-state index contributed by atoms with van der Waals surface area (Å²) in [6.07, 6.45) is -0.302. The average molecular weight is 251 g/mol. The van der Waals surface area contributed by atoms with E-state index in [2.05, 4.69) is 0 Å². The van der Waals surface area contributed by atoms with Gasteiger partial charge in [0.2, 0.25) is 0 Å². The third-order valence-electron chi connectivity index (χ3n) is 2.18. The number of carbonyl (C=O) groups excluding carboxylic acids is 2. The lowest BCUT2D eigenvalue weighted by Crippen LogP contribution is -2.13. The van der Waals surface area contributed by atoms with Gasteiger partial charge in [0.1, 0.15) is 18.3 Å². The Morgan fingerprint density at radius 1 is 1.33 bits per heavy atom. The molecule has 0 aromatic heterocycles. The van der Waals surface area contributed by atoms with E-state index in [1.54, 1.807) is 0 Å². The number of carboxylic acids is 1. The summed E-state index contributed by atoms with van der Waals surface area (Å²) in [5.41, 5.74) is 5.21. The molecule has 0 spiro atoms. The van der Waals surface area contributed by atoms with Crippen molar-refractivity contribution in [3.05, 3.63) is 29.3 Å². The van der Waals surface area contributed by atoms with Gasteiger partial charge in [-0.2, -0.15) is 0 Å². The van der Waals surface area contributed by atoms with Gasteiger partial charge in [0, 0.05) is 0 Å². The van der Waals surface area contributed by atoms with Crippen LogP contribution in [0.2, 0.25) is 0 Å². The van der Waals surface area contributed by atoms with E-state index >= 15 is 0 Å². The highest BCUT2D eigenvalue weighted by molar-refractivity contribution is 6.09. The highest BCUT2D eigenvalue weighted by Crippen LogP contribution is 2.22. The standard InChI is InChI=1S/C12H13NO5/c1-7(14)4-10(15)9-5-8(12(16)17)2-3-11(9)18-6-13/h2-3,5H,4,6,13H2,1H3,(H,16,17). The molecule has 0 aliphatic heterocycles. The van der Waals surface area contributed by atoms with Crippen molar-refractivity contribution in [3.8, 4) is 5.75 Å². The van der Waals surface area contributed by atoms with Crippen molar-refractivity contribution in [2.75, 3.05) is 6.73 Å². The van der Waals surface area contributed by atoms with E-state index in [9.17, 15) is 14.4 Å². The Kier molecular flexibility index (Phi) is 4.56. The van der Waals surface area contributed by atoms with E-state index in [-0.39, 0.29) is 35.8 Å². The summed E-state index contributed by atoms with van der Waals surface area (Å²) in [7, 11) is 0. The second-order valence-corrected chi connectivity index (χ2v) is 3.63. The van der Waals surface area contributed by atoms with Gasteiger partial charge in [0.05, 0.1) is 17.5 Å². The van der Waals surface area contributed by atoms with Gasteiger partial charge in [-0.05, 0) is 25.1 Å². The molecule has 96 valence electrons. The molecule has 0 fully saturated rings. The van der Waals surface area contributed by atoms with E-state index in [1.165, 1.54) is 25.1 Å². The lowest BCUT2D eigenvalue weighted by Gasteiger charge is -2.09. The summed E-state index contributed by atoms with van der Waals surface area (Å²) in [6, 6.07) is 3.83. The number of benzene rings is 1. The van der Waals surface area contributed by atoms with E-state index in [4.69, 9.17) is 15.6 Å². The van der Waals surface area contributed by atoms with Gasteiger partial charge in [-0.15, -0.1) is 0 Å². The minimum atomic E-state index is -1.16. The van der Waals surface area contributed by atoms with Crippen LogP contribution >= 0.6 is 0 Å². The van der Waals surface area contributed by atoms with Crippen LogP contribution in [0.5, 0.6) is 5.75 Å². The van der Waals surface area contributed by atoms with Crippen LogP contribution in [-0.4, -0.2) is 29.4 Å². The fourth-order valence-electron chi connectivity index (χ4n) is 1.42. The van der Waals surface area contributed by atoms with Gasteiger partial charge >= 0.3 is 5.97 Å². The summed E-state index contributed by atoms with van der Waals surface area (Å²) >= 11 is 0. The zero-order valence-corrected chi connectivity index (χ0v) is 9.80. The number of ether oxygens (including phenoxy) is 1. The van der Waals surface area contributed by atoms with E-state index < -0.39 is 11.8 Å². The van der Waals surface area contributed by atoms with Crippen LogP contribution in [0.1, 0.15) is 34.1 Å². The third-order valence-corrected chi connectivity index (χ3v) is 2.18. The number of hydrogen-bond acceptors (Lipinski definition) is 5. The number of hydrogen-bond donors (Lipinski definition) is 2. The first kappa shape index (κ1) is 13.9. The van der Waals surface area contributed by atoms with Crippen molar-refractivity contribution < 1.29 is 24.2 Å². The third kappa shape index (κ3) is 3.39. The van der Waals surface area contributed by atoms with E-state index in [0.717, 1.165) is 0 Å². The lowest BCUT2D eigenvalue weighted by atomic mass is 10.0. The lowest BCUT2D eigenvalue weighted by molar-refractivity contribution is -0.116. The topological polar surface area (TPSA) is 107 Å². The molecule has 6 nitrogen and oxygen atoms in total. The molecule has 0 radical (unpaired) electrons. The molecule has 0 aliphatic rings. The minimum Gasteiger partial charge on any atom is -0.478 e. The number of Topliss-reactive ketones (excluding diaryl/α,β-unsaturated/α-hetero) is 2. The van der Waals surface area contributed by atoms with Gasteiger partial charge in [0.25, 0.3) is 0 Å². The maximum Gasteiger partial charge on any atom is 0.335 e. The van der Waals surface area contributed by atoms with Crippen molar-refractivity contribution in [2.45, 2.75) is 13.3 Å². The number of aromatic carboxylic acids is 1. The zero-order chi connectivity index (χ0) is 13.7. The molecule has 6 heteroatoms. The van der Waals surface area contributed by atoms with Crippen molar-refractivity contribution in [2.24, 2.45) is 5.73 Å². The van der Waals surface area contributed by atoms with Gasteiger partial charge in [-0.25, -0.2) is 4.79 Å². The van der Waals surface area contributed by atoms with Gasteiger partial charge < -0.3 is 9.84 Å². The van der Waals surface area contributed by atoms with Crippen molar-refractivity contribution in [1.82, 2.24) is 0 Å². The van der Waals surface area contributed by atoms with Crippen LogP contribution in [-0.2, 0) is 4.79 Å². The second-order valence-electron chi connectivity index (χ2n) is 3.63. The molecule has 1 aromatic carbocycles. The molecule has 0 atom stereocenters. The molecule has 3 N–H and O–H groups in total. The Hall–Kier alpha value is -2.21. The van der Waals surface area contributed by atoms with Gasteiger partial charge in [-0.3, -0.25) is 15.3 Å². The Balaban J connectivity index is 3.18. The molecule has 0 heterocycles. The maximum atomic E-state index is 11.8. The first-order chi connectivity index (χ1) is 8.45. The quantitative estimate of drug-likeness (QED) is 0.441. The zero-order valence-electron chi connectivity index (χ0n) is 9.80. The number of rotatable bonds is 6. The monoisotopic (exact) mass is 251 g/mol. The Morgan fingerprint density at radius 3 is 2.50 bits per heavy atom. The normalized spacial score (nSPS) is 9.89. The summed E-state index contributed by atoms with van der Waals surface area (Å²) in [5, 5.41) is 8.85. The van der Waals surface area contributed by atoms with Crippen LogP contribution < -0.4 is 10.5 Å². The predicted molar refractivity (Wildman–Crippen MR) is 62.7 cm³/mol. The van der Waals surface area contributed by atoms with Crippen molar-refractivity contribution in [1.29, 1.82) is 0 Å². The molecule has 0 saturated carbocycles. The first-order valence-corrected chi connectivity index (χ1v) is 5.18. The number of carboxylic acid groups (broad SMARTS) is 1. The van der Waals surface area contributed by atoms with Crippen LogP contribution in [0.15, 0.2) is 18.2 Å². The Bertz CT molecular complexity index is 495. The second kappa shape index (κ2) is 5.92. The smallest absolute Gasteiger partial charge is 0.335 e. The minimum absolute atomic E-state index is 0.0497. The molecule has 18 heavy (non-hydrogen) atoms. The van der Waals surface area contributed by atoms with Crippen LogP contribution in [0.4, 0.5) is 0 Å². The molecule has 1 rings (SSSR count). The van der Waals surface area contributed by atoms with Crippen LogP contribution in [0.3, 0.4) is 0 Å². The van der Waals surface area contributed by atoms with Gasteiger partial charge in [0.15, 0.2) is 5.78 Å². The van der Waals surface area contributed by atoms with Crippen molar-refractivity contribution in [3.63, 3.8) is 0 Å². The SMILES string of the molecule is CC(=O)CC(=O)c1cc(C(=O)O)ccc1OCN. The Labute approximate surface area is 103 Å². The summed E-state index contributed by atoms with van der Waals surface area (Å²) in [4.78, 5) is 33.5. The van der Waals surface area contributed by atoms with E-state index in [0.29, 0.717) is 0 Å². The molecule has 0 unspecified atom stereocenters. The Morgan fingerprint density at radius 2 is 2.00 bits per heavy atom. The van der Waals surface area contributed by atoms with Crippen molar-refractivity contribution >= 4 is 17.5 Å². The summed E-state index contributed by atoms with van der Waals surface area (Å²) < 4.78 is 5.03. The largest absolute Gasteiger partial charge is 0.478 e. The highest BCUT2D eigenvalue weighted by Gasteiger charge is 2.17.